The predicted molar refractivity (Wildman–Crippen MR) is 157 cm³/mol. The molecule has 6 aromatic heterocycles. The van der Waals surface area contributed by atoms with Gasteiger partial charge in [0.25, 0.3) is 0 Å². The molecule has 0 spiro atoms. The van der Waals surface area contributed by atoms with Crippen molar-refractivity contribution in [3.63, 3.8) is 0 Å². The Hall–Kier alpha value is -3.60. The molecular formula is C26H29N7S3. The van der Waals surface area contributed by atoms with Gasteiger partial charge in [-0.1, -0.05) is 64.3 Å². The van der Waals surface area contributed by atoms with E-state index in [1.807, 2.05) is 81.0 Å². The van der Waals surface area contributed by atoms with Crippen LogP contribution in [0.3, 0.4) is 0 Å². The summed E-state index contributed by atoms with van der Waals surface area (Å²) in [6, 6.07) is 9.67. The molecule has 0 fully saturated rings. The molecule has 0 aliphatic heterocycles. The minimum atomic E-state index is 0.674. The first kappa shape index (κ1) is 28.6. The van der Waals surface area contributed by atoms with Crippen LogP contribution >= 0.6 is 36.7 Å². The van der Waals surface area contributed by atoms with Gasteiger partial charge in [-0.2, -0.15) is 0 Å². The molecular weight excluding hydrogens is 507 g/mol. The summed E-state index contributed by atoms with van der Waals surface area (Å²) in [4.78, 5) is 21.0. The number of aromatic amines is 3. The normalized spacial score (nSPS) is 9.44. The summed E-state index contributed by atoms with van der Waals surface area (Å²) >= 11 is 15.1. The molecule has 7 nitrogen and oxygen atoms in total. The van der Waals surface area contributed by atoms with E-state index < -0.39 is 0 Å². The summed E-state index contributed by atoms with van der Waals surface area (Å²) in [5, 5.41) is 3.14. The van der Waals surface area contributed by atoms with Crippen LogP contribution in [0.1, 0.15) is 27.7 Å². The SMILES string of the molecule is CC.CC.S=c1[nH]ccc2ccncc12.S=c1[nH]ccc2ncccc12.S=c1[nH]ccn2ccnc12. The van der Waals surface area contributed by atoms with Crippen LogP contribution in [-0.2, 0) is 0 Å². The van der Waals surface area contributed by atoms with Crippen LogP contribution in [-0.4, -0.2) is 34.3 Å². The number of nitrogens with one attached hydrogen (secondary N) is 3. The fourth-order valence-corrected chi connectivity index (χ4v) is 3.61. The predicted octanol–water partition coefficient (Wildman–Crippen LogP) is 8.03. The summed E-state index contributed by atoms with van der Waals surface area (Å²) in [5.74, 6) is 0. The standard InChI is InChI=1S/2C8H6N2S.C6H5N3S.2C2H6/c11-8-7-5-9-3-1-6(7)2-4-10-8;11-8-6-2-1-4-9-7(6)3-5-10-8;10-6-5-7-1-3-9(5)4-2-8-6;2*1-2/h2*1-5H,(H,10,11);1-4H,(H,8,10);2*1-2H3. The van der Waals surface area contributed by atoms with Gasteiger partial charge < -0.3 is 19.4 Å². The number of nitrogens with zero attached hydrogens (tertiary/aromatic N) is 4. The van der Waals surface area contributed by atoms with Crippen molar-refractivity contribution in [3.8, 4) is 0 Å². The summed E-state index contributed by atoms with van der Waals surface area (Å²) in [6.45, 7) is 8.00. The highest BCUT2D eigenvalue weighted by molar-refractivity contribution is 7.72. The average Bonchev–Trinajstić information content (AvgIpc) is 3.43. The van der Waals surface area contributed by atoms with Gasteiger partial charge >= 0.3 is 0 Å². The van der Waals surface area contributed by atoms with Crippen LogP contribution < -0.4 is 0 Å². The van der Waals surface area contributed by atoms with E-state index in [1.54, 1.807) is 37.2 Å². The van der Waals surface area contributed by atoms with Crippen LogP contribution in [0.15, 0.2) is 86.1 Å². The van der Waals surface area contributed by atoms with Crippen LogP contribution in [0.5, 0.6) is 0 Å². The van der Waals surface area contributed by atoms with E-state index in [4.69, 9.17) is 36.7 Å². The van der Waals surface area contributed by atoms with Gasteiger partial charge in [-0.3, -0.25) is 9.97 Å². The Kier molecular flexibility index (Phi) is 12.3. The van der Waals surface area contributed by atoms with E-state index in [1.165, 1.54) is 0 Å². The zero-order valence-electron chi connectivity index (χ0n) is 20.6. The molecule has 0 aromatic carbocycles. The Morgan fingerprint density at radius 3 is 2.06 bits per heavy atom. The van der Waals surface area contributed by atoms with Gasteiger partial charge in [-0.25, -0.2) is 4.98 Å². The number of H-pyrrole nitrogens is 3. The maximum absolute atomic E-state index is 5.06. The van der Waals surface area contributed by atoms with Crippen molar-refractivity contribution < 1.29 is 0 Å². The first-order valence-electron chi connectivity index (χ1n) is 11.5. The fourth-order valence-electron chi connectivity index (χ4n) is 2.91. The van der Waals surface area contributed by atoms with Crippen molar-refractivity contribution in [2.75, 3.05) is 0 Å². The van der Waals surface area contributed by atoms with Gasteiger partial charge in [-0.05, 0) is 35.7 Å². The molecule has 0 radical (unpaired) electrons. The lowest BCUT2D eigenvalue weighted by atomic mass is 10.2. The molecule has 0 aliphatic carbocycles. The first-order valence-corrected chi connectivity index (χ1v) is 12.7. The Morgan fingerprint density at radius 2 is 1.36 bits per heavy atom. The molecule has 0 saturated heterocycles. The number of hydrogen-bond acceptors (Lipinski definition) is 6. The lowest BCUT2D eigenvalue weighted by molar-refractivity contribution is 1.11. The highest BCUT2D eigenvalue weighted by Gasteiger charge is 1.93. The highest BCUT2D eigenvalue weighted by atomic mass is 32.1. The minimum absolute atomic E-state index is 0.674. The second-order valence-corrected chi connectivity index (χ2v) is 7.68. The van der Waals surface area contributed by atoms with E-state index in [2.05, 4.69) is 29.9 Å². The Labute approximate surface area is 225 Å². The number of hydrogen-bond donors (Lipinski definition) is 3. The van der Waals surface area contributed by atoms with Crippen molar-refractivity contribution in [1.29, 1.82) is 0 Å². The Bertz CT molecular complexity index is 1570. The van der Waals surface area contributed by atoms with Gasteiger partial charge in [-0.15, -0.1) is 0 Å². The van der Waals surface area contributed by atoms with Crippen molar-refractivity contribution in [3.05, 3.63) is 100 Å². The zero-order valence-corrected chi connectivity index (χ0v) is 23.0. The molecule has 6 heterocycles. The molecule has 0 aliphatic rings. The van der Waals surface area contributed by atoms with Gasteiger partial charge in [0.2, 0.25) is 0 Å². The maximum atomic E-state index is 5.06. The molecule has 36 heavy (non-hydrogen) atoms. The van der Waals surface area contributed by atoms with Gasteiger partial charge in [0.1, 0.15) is 13.9 Å². The highest BCUT2D eigenvalue weighted by Crippen LogP contribution is 2.10. The molecule has 6 rings (SSSR count). The molecule has 0 atom stereocenters. The summed E-state index contributed by atoms with van der Waals surface area (Å²) in [5.41, 5.74) is 1.74. The zero-order chi connectivity index (χ0) is 26.3. The molecule has 0 saturated carbocycles. The number of fused-ring (bicyclic) bond motifs is 3. The van der Waals surface area contributed by atoms with Crippen molar-refractivity contribution in [2.24, 2.45) is 0 Å². The van der Waals surface area contributed by atoms with Gasteiger partial charge in [0, 0.05) is 66.5 Å². The molecule has 0 bridgehead atoms. The van der Waals surface area contributed by atoms with Gasteiger partial charge in [0.05, 0.1) is 5.52 Å². The van der Waals surface area contributed by atoms with Gasteiger partial charge in [0.15, 0.2) is 5.65 Å². The fraction of sp³-hybridized carbons (Fsp3) is 0.154. The minimum Gasteiger partial charge on any atom is -0.352 e. The lowest BCUT2D eigenvalue weighted by Crippen LogP contribution is -1.84. The average molecular weight is 536 g/mol. The third-order valence-corrected chi connectivity index (χ3v) is 5.41. The van der Waals surface area contributed by atoms with E-state index in [-0.39, 0.29) is 0 Å². The van der Waals surface area contributed by atoms with Crippen LogP contribution in [0.25, 0.3) is 27.3 Å². The van der Waals surface area contributed by atoms with E-state index >= 15 is 0 Å². The molecule has 3 N–H and O–H groups in total. The summed E-state index contributed by atoms with van der Waals surface area (Å²) in [7, 11) is 0. The smallest absolute Gasteiger partial charge is 0.172 e. The third-order valence-electron chi connectivity index (χ3n) is 4.44. The van der Waals surface area contributed by atoms with Crippen molar-refractivity contribution in [2.45, 2.75) is 27.7 Å². The first-order chi connectivity index (χ1) is 17.6. The summed E-state index contributed by atoms with van der Waals surface area (Å²) in [6.07, 6.45) is 16.2. The quantitative estimate of drug-likeness (QED) is 0.171. The lowest BCUT2D eigenvalue weighted by Gasteiger charge is -1.93. The number of imidazole rings is 1. The Morgan fingerprint density at radius 1 is 0.667 bits per heavy atom. The van der Waals surface area contributed by atoms with E-state index in [0.717, 1.165) is 36.6 Å². The monoisotopic (exact) mass is 535 g/mol. The van der Waals surface area contributed by atoms with Crippen molar-refractivity contribution >= 4 is 64.0 Å². The maximum Gasteiger partial charge on any atom is 0.172 e. The molecule has 186 valence electrons. The van der Waals surface area contributed by atoms with E-state index in [9.17, 15) is 0 Å². The Balaban J connectivity index is 0.000000178. The van der Waals surface area contributed by atoms with Crippen LogP contribution in [0, 0.1) is 13.9 Å². The van der Waals surface area contributed by atoms with Crippen LogP contribution in [0.2, 0.25) is 0 Å². The summed E-state index contributed by atoms with van der Waals surface area (Å²) < 4.78 is 4.04. The van der Waals surface area contributed by atoms with E-state index in [0.29, 0.717) is 4.64 Å². The third kappa shape index (κ3) is 7.70. The molecule has 0 unspecified atom stereocenters. The second-order valence-electron chi connectivity index (χ2n) is 6.46. The molecule has 0 amide bonds. The topological polar surface area (TPSA) is 90.5 Å². The molecule has 6 aromatic rings. The number of aromatic nitrogens is 7. The van der Waals surface area contributed by atoms with Crippen LogP contribution in [0.4, 0.5) is 0 Å². The van der Waals surface area contributed by atoms with Crippen molar-refractivity contribution in [1.82, 2.24) is 34.3 Å². The largest absolute Gasteiger partial charge is 0.352 e. The number of rotatable bonds is 0. The number of pyridine rings is 4. The molecule has 10 heteroatoms. The second kappa shape index (κ2) is 15.4.